The maximum absolute atomic E-state index is 13.0. The van der Waals surface area contributed by atoms with Crippen molar-refractivity contribution in [3.8, 4) is 23.0 Å². The van der Waals surface area contributed by atoms with Gasteiger partial charge in [0.15, 0.2) is 11.5 Å². The first-order valence-electron chi connectivity index (χ1n) is 11.6. The van der Waals surface area contributed by atoms with Crippen LogP contribution in [0.5, 0.6) is 23.0 Å². The number of rotatable bonds is 9. The number of nitrogens with zero attached hydrogens (tertiary/aromatic N) is 1. The van der Waals surface area contributed by atoms with Gasteiger partial charge in [-0.25, -0.2) is 0 Å². The Morgan fingerprint density at radius 3 is 2.28 bits per heavy atom. The van der Waals surface area contributed by atoms with Gasteiger partial charge in [-0.1, -0.05) is 18.2 Å². The molecule has 1 unspecified atom stereocenters. The molecule has 1 atom stereocenters. The zero-order chi connectivity index (χ0) is 25.1. The molecule has 0 saturated heterocycles. The zero-order valence-corrected chi connectivity index (χ0v) is 20.0. The van der Waals surface area contributed by atoms with Crippen molar-refractivity contribution in [3.63, 3.8) is 0 Å². The summed E-state index contributed by atoms with van der Waals surface area (Å²) in [5.74, 6) is 2.17. The van der Waals surface area contributed by atoms with Crippen molar-refractivity contribution in [2.45, 2.75) is 19.1 Å². The summed E-state index contributed by atoms with van der Waals surface area (Å²) in [5, 5.41) is 17.4. The van der Waals surface area contributed by atoms with Gasteiger partial charge >= 0.3 is 0 Å². The number of aliphatic hydroxyl groups is 1. The number of hydrogen-bond donors (Lipinski definition) is 3. The van der Waals surface area contributed by atoms with Crippen LogP contribution in [0.2, 0.25) is 0 Å². The Morgan fingerprint density at radius 2 is 1.61 bits per heavy atom. The number of para-hydroxylation sites is 1. The average molecular weight is 486 g/mol. The van der Waals surface area contributed by atoms with Crippen molar-refractivity contribution >= 4 is 28.2 Å². The fourth-order valence-electron chi connectivity index (χ4n) is 4.12. The van der Waals surface area contributed by atoms with Gasteiger partial charge in [-0.15, -0.1) is 0 Å². The van der Waals surface area contributed by atoms with Crippen molar-refractivity contribution in [1.82, 2.24) is 4.98 Å². The monoisotopic (exact) mass is 485 g/mol. The Balaban J connectivity index is 1.27. The number of fused-ring (bicyclic) bond motifs is 1. The van der Waals surface area contributed by atoms with E-state index in [0.717, 1.165) is 11.1 Å². The molecule has 0 bridgehead atoms. The Hall–Kier alpha value is -4.30. The van der Waals surface area contributed by atoms with Crippen LogP contribution in [0.25, 0.3) is 10.9 Å². The van der Waals surface area contributed by atoms with Crippen LogP contribution in [0, 0.1) is 5.41 Å². The number of carbonyl (C=O) groups excluding carboxylic acids is 1. The molecule has 3 aromatic carbocycles. The first kappa shape index (κ1) is 23.4. The molecule has 1 heterocycles. The fourth-order valence-corrected chi connectivity index (χ4v) is 4.12. The molecule has 1 fully saturated rings. The van der Waals surface area contributed by atoms with Crippen molar-refractivity contribution in [3.05, 3.63) is 79.0 Å². The van der Waals surface area contributed by atoms with E-state index in [1.54, 1.807) is 56.8 Å². The Morgan fingerprint density at radius 1 is 0.917 bits per heavy atom. The molecule has 4 aromatic rings. The van der Waals surface area contributed by atoms with E-state index in [0.29, 0.717) is 47.0 Å². The second-order valence-electron chi connectivity index (χ2n) is 8.68. The Labute approximate surface area is 208 Å². The highest BCUT2D eigenvalue weighted by molar-refractivity contribution is 5.98. The van der Waals surface area contributed by atoms with Crippen molar-refractivity contribution in [2.75, 3.05) is 24.9 Å². The number of benzene rings is 3. The van der Waals surface area contributed by atoms with Gasteiger partial charge in [0.1, 0.15) is 17.7 Å². The van der Waals surface area contributed by atoms with Gasteiger partial charge < -0.3 is 30.0 Å². The van der Waals surface area contributed by atoms with Gasteiger partial charge in [0.05, 0.1) is 25.2 Å². The number of nitrogens with one attached hydrogen (secondary N) is 2. The lowest BCUT2D eigenvalue weighted by Gasteiger charge is -2.23. The summed E-state index contributed by atoms with van der Waals surface area (Å²) in [5.41, 5.74) is 1.26. The molecule has 0 radical (unpaired) electrons. The molecular formula is C28H27N3O5. The van der Waals surface area contributed by atoms with Crippen LogP contribution >= 0.6 is 0 Å². The van der Waals surface area contributed by atoms with E-state index >= 15 is 0 Å². The van der Waals surface area contributed by atoms with Crippen LogP contribution in [-0.4, -0.2) is 36.4 Å². The number of amides is 1. The summed E-state index contributed by atoms with van der Waals surface area (Å²) >= 11 is 0. The minimum atomic E-state index is -0.974. The number of ether oxygens (including phenoxy) is 3. The molecule has 1 saturated carbocycles. The quantitative estimate of drug-likeness (QED) is 0.280. The van der Waals surface area contributed by atoms with Crippen molar-refractivity contribution < 1.29 is 24.1 Å². The topological polar surface area (TPSA) is 102 Å². The highest BCUT2D eigenvalue weighted by Gasteiger charge is 2.55. The Bertz CT molecular complexity index is 1370. The summed E-state index contributed by atoms with van der Waals surface area (Å²) < 4.78 is 16.9. The lowest BCUT2D eigenvalue weighted by atomic mass is 10.0. The van der Waals surface area contributed by atoms with Crippen LogP contribution in [0.4, 0.5) is 11.4 Å². The minimum Gasteiger partial charge on any atom is -0.493 e. The van der Waals surface area contributed by atoms with E-state index in [9.17, 15) is 9.90 Å². The number of hydrogen-bond acceptors (Lipinski definition) is 7. The first-order valence-corrected chi connectivity index (χ1v) is 11.6. The third-order valence-corrected chi connectivity index (χ3v) is 6.39. The molecule has 3 N–H and O–H groups in total. The molecule has 0 aliphatic heterocycles. The van der Waals surface area contributed by atoms with Crippen LogP contribution in [-0.2, 0) is 4.79 Å². The lowest BCUT2D eigenvalue weighted by molar-refractivity contribution is -0.124. The van der Waals surface area contributed by atoms with E-state index in [2.05, 4.69) is 15.6 Å². The predicted octanol–water partition coefficient (Wildman–Crippen LogP) is 5.19. The molecule has 1 amide bonds. The molecule has 0 spiro atoms. The molecule has 5 rings (SSSR count). The molecule has 1 aliphatic carbocycles. The zero-order valence-electron chi connectivity index (χ0n) is 20.0. The molecule has 184 valence electrons. The molecule has 8 nitrogen and oxygen atoms in total. The molecular weight excluding hydrogens is 458 g/mol. The number of methoxy groups -OCH3 is 2. The van der Waals surface area contributed by atoms with Crippen molar-refractivity contribution in [2.24, 2.45) is 5.41 Å². The van der Waals surface area contributed by atoms with E-state index < -0.39 is 11.6 Å². The second kappa shape index (κ2) is 9.75. The summed E-state index contributed by atoms with van der Waals surface area (Å²) in [4.78, 5) is 17.4. The van der Waals surface area contributed by atoms with Crippen LogP contribution in [0.15, 0.2) is 79.0 Å². The van der Waals surface area contributed by atoms with Gasteiger partial charge in [-0.2, -0.15) is 0 Å². The second-order valence-corrected chi connectivity index (χ2v) is 8.68. The maximum atomic E-state index is 13.0. The molecule has 36 heavy (non-hydrogen) atoms. The normalized spacial score (nSPS) is 14.5. The highest BCUT2D eigenvalue weighted by Crippen LogP contribution is 2.49. The molecule has 8 heteroatoms. The average Bonchev–Trinajstić information content (AvgIpc) is 3.72. The lowest BCUT2D eigenvalue weighted by Crippen LogP contribution is -2.39. The smallest absolute Gasteiger partial charge is 0.235 e. The molecule has 1 aliphatic rings. The van der Waals surface area contributed by atoms with E-state index in [1.807, 2.05) is 36.4 Å². The van der Waals surface area contributed by atoms with Crippen LogP contribution in [0.1, 0.15) is 12.8 Å². The minimum absolute atomic E-state index is 0.215. The number of carbonyl (C=O) groups is 1. The number of anilines is 2. The summed E-state index contributed by atoms with van der Waals surface area (Å²) in [6.07, 6.45) is 1.93. The van der Waals surface area contributed by atoms with Crippen LogP contribution in [0.3, 0.4) is 0 Å². The first-order chi connectivity index (χ1) is 17.5. The van der Waals surface area contributed by atoms with Gasteiger partial charge in [0, 0.05) is 29.0 Å². The predicted molar refractivity (Wildman–Crippen MR) is 138 cm³/mol. The van der Waals surface area contributed by atoms with Gasteiger partial charge in [0.2, 0.25) is 5.91 Å². The van der Waals surface area contributed by atoms with Gasteiger partial charge in [-0.3, -0.25) is 9.78 Å². The van der Waals surface area contributed by atoms with Gasteiger partial charge in [-0.05, 0) is 61.4 Å². The summed E-state index contributed by atoms with van der Waals surface area (Å²) in [6, 6.07) is 21.9. The number of pyridine rings is 1. The third kappa shape index (κ3) is 4.63. The largest absolute Gasteiger partial charge is 0.493 e. The Kier molecular flexibility index (Phi) is 6.35. The van der Waals surface area contributed by atoms with E-state index in [1.165, 1.54) is 0 Å². The SMILES string of the molecule is COc1cc2nccc(Oc3ccc(NC(=O)C4(C(O)Nc5ccccc5)CC4)cc3)c2cc1OC. The van der Waals surface area contributed by atoms with Gasteiger partial charge in [0.25, 0.3) is 0 Å². The fraction of sp³-hybridized carbons (Fsp3) is 0.214. The van der Waals surface area contributed by atoms with E-state index in [4.69, 9.17) is 14.2 Å². The standard InChI is InChI=1S/C28H27N3O5/c1-34-24-16-21-22(17-25(24)35-2)29-15-12-23(21)36-20-10-8-19(9-11-20)31-27(33)28(13-14-28)26(32)30-18-6-4-3-5-7-18/h3-12,15-17,26,30,32H,13-14H2,1-2H3,(H,31,33). The summed E-state index contributed by atoms with van der Waals surface area (Å²) in [7, 11) is 3.16. The highest BCUT2D eigenvalue weighted by atomic mass is 16.5. The summed E-state index contributed by atoms with van der Waals surface area (Å²) in [6.45, 7) is 0. The number of aromatic nitrogens is 1. The van der Waals surface area contributed by atoms with Crippen LogP contribution < -0.4 is 24.8 Å². The maximum Gasteiger partial charge on any atom is 0.235 e. The third-order valence-electron chi connectivity index (χ3n) is 6.39. The van der Waals surface area contributed by atoms with Crippen molar-refractivity contribution in [1.29, 1.82) is 0 Å². The number of aliphatic hydroxyl groups excluding tert-OH is 1. The van der Waals surface area contributed by atoms with E-state index in [-0.39, 0.29) is 5.91 Å². The molecule has 1 aromatic heterocycles.